The highest BCUT2D eigenvalue weighted by molar-refractivity contribution is 5.78. The average Bonchev–Trinajstić information content (AvgIpc) is 3.10. The molecule has 4 rings (SSSR count). The standard InChI is InChI=1S/C18H22N2/c1-2-4-18-14(3-1)7-8-17(20-18)12-19-11-16-10-13-5-6-15(16)9-13/h1-4,7-8,13,15-16,19H,5-6,9-12H2. The molecule has 2 aliphatic carbocycles. The second-order valence-electron chi connectivity index (χ2n) is 6.56. The summed E-state index contributed by atoms with van der Waals surface area (Å²) in [6.07, 6.45) is 5.93. The van der Waals surface area contributed by atoms with Crippen molar-refractivity contribution in [3.8, 4) is 0 Å². The zero-order valence-corrected chi connectivity index (χ0v) is 11.9. The Balaban J connectivity index is 1.36. The van der Waals surface area contributed by atoms with Gasteiger partial charge in [0.2, 0.25) is 0 Å². The van der Waals surface area contributed by atoms with E-state index in [2.05, 4.69) is 41.7 Å². The molecular formula is C18H22N2. The molecule has 0 amide bonds. The molecule has 0 saturated heterocycles. The number of hydrogen-bond donors (Lipinski definition) is 1. The van der Waals surface area contributed by atoms with E-state index in [0.29, 0.717) is 0 Å². The highest BCUT2D eigenvalue weighted by atomic mass is 14.9. The minimum absolute atomic E-state index is 0.902. The van der Waals surface area contributed by atoms with Gasteiger partial charge in [-0.1, -0.05) is 30.7 Å². The van der Waals surface area contributed by atoms with Crippen molar-refractivity contribution in [1.29, 1.82) is 0 Å². The summed E-state index contributed by atoms with van der Waals surface area (Å²) in [5, 5.41) is 4.86. The minimum Gasteiger partial charge on any atom is -0.311 e. The fraction of sp³-hybridized carbons (Fsp3) is 0.500. The third kappa shape index (κ3) is 2.33. The van der Waals surface area contributed by atoms with E-state index >= 15 is 0 Å². The molecule has 2 heteroatoms. The Labute approximate surface area is 120 Å². The van der Waals surface area contributed by atoms with Crippen molar-refractivity contribution in [2.24, 2.45) is 17.8 Å². The van der Waals surface area contributed by atoms with Crippen molar-refractivity contribution in [3.63, 3.8) is 0 Å². The molecule has 2 aliphatic rings. The van der Waals surface area contributed by atoms with E-state index in [1.165, 1.54) is 37.6 Å². The molecule has 0 aliphatic heterocycles. The third-order valence-corrected chi connectivity index (χ3v) is 5.25. The van der Waals surface area contributed by atoms with Crippen LogP contribution in [0.5, 0.6) is 0 Å². The topological polar surface area (TPSA) is 24.9 Å². The molecule has 3 unspecified atom stereocenters. The van der Waals surface area contributed by atoms with Crippen LogP contribution in [0.4, 0.5) is 0 Å². The molecule has 104 valence electrons. The van der Waals surface area contributed by atoms with Gasteiger partial charge >= 0.3 is 0 Å². The van der Waals surface area contributed by atoms with Crippen molar-refractivity contribution in [1.82, 2.24) is 10.3 Å². The number of hydrogen-bond acceptors (Lipinski definition) is 2. The Kier molecular flexibility index (Phi) is 3.19. The van der Waals surface area contributed by atoms with Gasteiger partial charge in [-0.3, -0.25) is 4.98 Å². The Bertz CT molecular complexity index is 607. The summed E-state index contributed by atoms with van der Waals surface area (Å²) in [5.41, 5.74) is 2.26. The second-order valence-corrected chi connectivity index (χ2v) is 6.56. The van der Waals surface area contributed by atoms with Gasteiger partial charge in [0.1, 0.15) is 0 Å². The summed E-state index contributed by atoms with van der Waals surface area (Å²) in [7, 11) is 0. The number of rotatable bonds is 4. The lowest BCUT2D eigenvalue weighted by atomic mass is 9.89. The first-order valence-electron chi connectivity index (χ1n) is 7.94. The zero-order chi connectivity index (χ0) is 13.4. The first-order valence-corrected chi connectivity index (χ1v) is 7.94. The Morgan fingerprint density at radius 3 is 2.85 bits per heavy atom. The molecule has 2 nitrogen and oxygen atoms in total. The number of nitrogens with one attached hydrogen (secondary N) is 1. The fourth-order valence-corrected chi connectivity index (χ4v) is 4.22. The van der Waals surface area contributed by atoms with E-state index in [-0.39, 0.29) is 0 Å². The number of pyridine rings is 1. The Hall–Kier alpha value is -1.41. The van der Waals surface area contributed by atoms with Crippen molar-refractivity contribution in [2.75, 3.05) is 6.54 Å². The molecule has 1 heterocycles. The van der Waals surface area contributed by atoms with Crippen LogP contribution >= 0.6 is 0 Å². The van der Waals surface area contributed by atoms with Gasteiger partial charge in [0.05, 0.1) is 11.2 Å². The smallest absolute Gasteiger partial charge is 0.0705 e. The van der Waals surface area contributed by atoms with Crippen LogP contribution in [0.1, 0.15) is 31.4 Å². The van der Waals surface area contributed by atoms with Gasteiger partial charge in [0.25, 0.3) is 0 Å². The van der Waals surface area contributed by atoms with Gasteiger partial charge in [-0.15, -0.1) is 0 Å². The van der Waals surface area contributed by atoms with E-state index in [0.717, 1.165) is 35.5 Å². The van der Waals surface area contributed by atoms with Gasteiger partial charge in [-0.2, -0.15) is 0 Å². The molecule has 2 aromatic rings. The van der Waals surface area contributed by atoms with Crippen LogP contribution in [0, 0.1) is 17.8 Å². The lowest BCUT2D eigenvalue weighted by Crippen LogP contribution is -2.26. The fourth-order valence-electron chi connectivity index (χ4n) is 4.22. The SMILES string of the molecule is c1ccc2nc(CNCC3CC4CCC3C4)ccc2c1. The van der Waals surface area contributed by atoms with Crippen LogP contribution in [0.25, 0.3) is 10.9 Å². The average molecular weight is 266 g/mol. The summed E-state index contributed by atoms with van der Waals surface area (Å²) in [6, 6.07) is 12.7. The largest absolute Gasteiger partial charge is 0.311 e. The van der Waals surface area contributed by atoms with Gasteiger partial charge < -0.3 is 5.32 Å². The van der Waals surface area contributed by atoms with Crippen molar-refractivity contribution in [3.05, 3.63) is 42.1 Å². The van der Waals surface area contributed by atoms with E-state index in [4.69, 9.17) is 4.98 Å². The van der Waals surface area contributed by atoms with E-state index in [1.807, 2.05) is 0 Å². The quantitative estimate of drug-likeness (QED) is 0.911. The normalized spacial score (nSPS) is 28.3. The van der Waals surface area contributed by atoms with Gasteiger partial charge in [-0.25, -0.2) is 0 Å². The number of nitrogens with zero attached hydrogens (tertiary/aromatic N) is 1. The summed E-state index contributed by atoms with van der Waals surface area (Å²) in [4.78, 5) is 4.72. The Morgan fingerprint density at radius 2 is 2.00 bits per heavy atom. The lowest BCUT2D eigenvalue weighted by molar-refractivity contribution is 0.318. The molecule has 2 fully saturated rings. The summed E-state index contributed by atoms with van der Waals surface area (Å²) < 4.78 is 0. The Morgan fingerprint density at radius 1 is 1.05 bits per heavy atom. The van der Waals surface area contributed by atoms with Crippen molar-refractivity contribution in [2.45, 2.75) is 32.2 Å². The molecular weight excluding hydrogens is 244 g/mol. The predicted octanol–water partition coefficient (Wildman–Crippen LogP) is 3.76. The van der Waals surface area contributed by atoms with Crippen molar-refractivity contribution >= 4 is 10.9 Å². The first-order chi connectivity index (χ1) is 9.88. The number of aromatic nitrogens is 1. The number of para-hydroxylation sites is 1. The van der Waals surface area contributed by atoms with Crippen LogP contribution in [-0.4, -0.2) is 11.5 Å². The van der Waals surface area contributed by atoms with Gasteiger partial charge in [-0.05, 0) is 55.7 Å². The van der Waals surface area contributed by atoms with Crippen LogP contribution < -0.4 is 5.32 Å². The first kappa shape index (κ1) is 12.3. The highest BCUT2D eigenvalue weighted by Gasteiger charge is 2.38. The molecule has 1 N–H and O–H groups in total. The maximum absolute atomic E-state index is 4.72. The van der Waals surface area contributed by atoms with Gasteiger partial charge in [0, 0.05) is 11.9 Å². The van der Waals surface area contributed by atoms with Crippen LogP contribution in [0.2, 0.25) is 0 Å². The lowest BCUT2D eigenvalue weighted by Gasteiger charge is -2.21. The summed E-state index contributed by atoms with van der Waals surface area (Å²) in [5.74, 6) is 2.98. The highest BCUT2D eigenvalue weighted by Crippen LogP contribution is 2.47. The van der Waals surface area contributed by atoms with E-state index < -0.39 is 0 Å². The molecule has 1 aromatic heterocycles. The van der Waals surface area contributed by atoms with E-state index in [1.54, 1.807) is 0 Å². The maximum atomic E-state index is 4.72. The number of benzene rings is 1. The monoisotopic (exact) mass is 266 g/mol. The molecule has 0 radical (unpaired) electrons. The van der Waals surface area contributed by atoms with Gasteiger partial charge in [0.15, 0.2) is 0 Å². The second kappa shape index (κ2) is 5.17. The molecule has 3 atom stereocenters. The maximum Gasteiger partial charge on any atom is 0.0705 e. The summed E-state index contributed by atoms with van der Waals surface area (Å²) >= 11 is 0. The zero-order valence-electron chi connectivity index (χ0n) is 11.9. The molecule has 2 bridgehead atoms. The van der Waals surface area contributed by atoms with Crippen LogP contribution in [0.15, 0.2) is 36.4 Å². The van der Waals surface area contributed by atoms with E-state index in [9.17, 15) is 0 Å². The van der Waals surface area contributed by atoms with Crippen molar-refractivity contribution < 1.29 is 0 Å². The third-order valence-electron chi connectivity index (χ3n) is 5.25. The molecule has 2 saturated carbocycles. The predicted molar refractivity (Wildman–Crippen MR) is 82.4 cm³/mol. The molecule has 1 aromatic carbocycles. The van der Waals surface area contributed by atoms with Crippen LogP contribution in [0.3, 0.4) is 0 Å². The van der Waals surface area contributed by atoms with Crippen LogP contribution in [-0.2, 0) is 6.54 Å². The molecule has 20 heavy (non-hydrogen) atoms. The molecule has 0 spiro atoms. The minimum atomic E-state index is 0.902. The summed E-state index contributed by atoms with van der Waals surface area (Å²) in [6.45, 7) is 2.08. The number of fused-ring (bicyclic) bond motifs is 3.